The number of fused-ring (bicyclic) bond motifs is 1. The van der Waals surface area contributed by atoms with Gasteiger partial charge in [0.1, 0.15) is 5.82 Å². The highest BCUT2D eigenvalue weighted by atomic mass is 35.5. The summed E-state index contributed by atoms with van der Waals surface area (Å²) in [5, 5.41) is 8.89. The molecule has 3 nitrogen and oxygen atoms in total. The number of imidazole rings is 1. The number of aromatic nitrogens is 2. The Morgan fingerprint density at radius 1 is 1.20 bits per heavy atom. The second-order valence-electron chi connectivity index (χ2n) is 4.60. The van der Waals surface area contributed by atoms with Crippen LogP contribution in [0.2, 0.25) is 0 Å². The first-order valence-corrected chi connectivity index (χ1v) is 6.81. The summed E-state index contributed by atoms with van der Waals surface area (Å²) in [7, 11) is 0. The first-order chi connectivity index (χ1) is 9.74. The van der Waals surface area contributed by atoms with E-state index >= 15 is 0 Å². The van der Waals surface area contributed by atoms with Crippen molar-refractivity contribution in [2.24, 2.45) is 0 Å². The number of nitriles is 1. The van der Waals surface area contributed by atoms with Crippen LogP contribution in [0.4, 0.5) is 0 Å². The molecule has 0 N–H and O–H groups in total. The molecule has 3 rings (SSSR count). The van der Waals surface area contributed by atoms with Gasteiger partial charge in [0.25, 0.3) is 0 Å². The summed E-state index contributed by atoms with van der Waals surface area (Å²) in [5.74, 6) is 1.15. The van der Waals surface area contributed by atoms with Gasteiger partial charge >= 0.3 is 0 Å². The Kier molecular flexibility index (Phi) is 3.17. The molecular weight excluding hydrogens is 270 g/mol. The lowest BCUT2D eigenvalue weighted by Gasteiger charge is -2.09. The van der Waals surface area contributed by atoms with E-state index in [0.717, 1.165) is 28.1 Å². The molecule has 98 valence electrons. The number of alkyl halides is 1. The van der Waals surface area contributed by atoms with Gasteiger partial charge < -0.3 is 0 Å². The molecule has 0 aliphatic rings. The number of halogens is 1. The average Bonchev–Trinajstić information content (AvgIpc) is 2.87. The van der Waals surface area contributed by atoms with E-state index in [1.54, 1.807) is 12.1 Å². The van der Waals surface area contributed by atoms with E-state index in [1.807, 2.05) is 24.3 Å². The fourth-order valence-corrected chi connectivity index (χ4v) is 2.57. The minimum Gasteiger partial charge on any atom is -0.295 e. The largest absolute Gasteiger partial charge is 0.295 e. The summed E-state index contributed by atoms with van der Waals surface area (Å²) in [4.78, 5) is 4.58. The molecule has 1 aromatic heterocycles. The third-order valence-corrected chi connectivity index (χ3v) is 3.56. The first kappa shape index (κ1) is 12.7. The lowest BCUT2D eigenvalue weighted by atomic mass is 10.2. The zero-order chi connectivity index (χ0) is 14.1. The monoisotopic (exact) mass is 281 g/mol. The Bertz CT molecular complexity index is 810. The van der Waals surface area contributed by atoms with Crippen molar-refractivity contribution in [1.29, 1.82) is 5.26 Å². The molecule has 0 radical (unpaired) electrons. The van der Waals surface area contributed by atoms with Crippen molar-refractivity contribution < 1.29 is 0 Å². The van der Waals surface area contributed by atoms with Crippen LogP contribution >= 0.6 is 11.6 Å². The fraction of sp³-hybridized carbons (Fsp3) is 0.125. The van der Waals surface area contributed by atoms with E-state index in [4.69, 9.17) is 16.9 Å². The summed E-state index contributed by atoms with van der Waals surface area (Å²) in [6, 6.07) is 15.6. The zero-order valence-electron chi connectivity index (χ0n) is 11.0. The molecule has 0 bridgehead atoms. The highest BCUT2D eigenvalue weighted by molar-refractivity contribution is 6.17. The van der Waals surface area contributed by atoms with Gasteiger partial charge in [0.2, 0.25) is 0 Å². The smallest absolute Gasteiger partial charge is 0.129 e. The molecule has 0 saturated carbocycles. The Hall–Kier alpha value is -2.31. The quantitative estimate of drug-likeness (QED) is 0.668. The number of hydrogen-bond acceptors (Lipinski definition) is 2. The number of para-hydroxylation sites is 1. The summed E-state index contributed by atoms with van der Waals surface area (Å²) < 4.78 is 2.05. The summed E-state index contributed by atoms with van der Waals surface area (Å²) in [6.07, 6.45) is 0. The van der Waals surface area contributed by atoms with Crippen molar-refractivity contribution in [3.05, 3.63) is 59.4 Å². The van der Waals surface area contributed by atoms with Crippen molar-refractivity contribution in [2.45, 2.75) is 12.8 Å². The van der Waals surface area contributed by atoms with Gasteiger partial charge in [-0.3, -0.25) is 4.57 Å². The van der Waals surface area contributed by atoms with Gasteiger partial charge in [0, 0.05) is 5.69 Å². The van der Waals surface area contributed by atoms with Crippen LogP contribution < -0.4 is 0 Å². The van der Waals surface area contributed by atoms with E-state index in [1.165, 1.54) is 0 Å². The minimum absolute atomic E-state index is 0.341. The second kappa shape index (κ2) is 4.99. The summed E-state index contributed by atoms with van der Waals surface area (Å²) >= 11 is 6.03. The van der Waals surface area contributed by atoms with Crippen molar-refractivity contribution in [1.82, 2.24) is 9.55 Å². The maximum Gasteiger partial charge on any atom is 0.129 e. The van der Waals surface area contributed by atoms with Crippen molar-refractivity contribution in [3.63, 3.8) is 0 Å². The number of benzene rings is 2. The number of nitrogens with zero attached hydrogens (tertiary/aromatic N) is 3. The number of hydrogen-bond donors (Lipinski definition) is 0. The van der Waals surface area contributed by atoms with Gasteiger partial charge in [-0.25, -0.2) is 4.98 Å². The van der Waals surface area contributed by atoms with Crippen LogP contribution in [0.1, 0.15) is 17.0 Å². The van der Waals surface area contributed by atoms with E-state index in [9.17, 15) is 0 Å². The Morgan fingerprint density at radius 2 is 1.95 bits per heavy atom. The molecule has 0 amide bonds. The lowest BCUT2D eigenvalue weighted by molar-refractivity contribution is 0.979. The Labute approximate surface area is 122 Å². The van der Waals surface area contributed by atoms with Gasteiger partial charge in [-0.15, -0.1) is 11.6 Å². The number of aryl methyl sites for hydroxylation is 1. The van der Waals surface area contributed by atoms with Crippen LogP contribution in [0, 0.1) is 18.3 Å². The summed E-state index contributed by atoms with van der Waals surface area (Å²) in [6.45, 7) is 2.06. The molecule has 0 spiro atoms. The Morgan fingerprint density at radius 3 is 2.60 bits per heavy atom. The minimum atomic E-state index is 0.341. The van der Waals surface area contributed by atoms with Gasteiger partial charge in [-0.05, 0) is 42.8 Å². The standard InChI is InChI=1S/C16H12ClN3/c1-11-3-2-4-14-16(11)20(15(9-17)19-14)13-7-5-12(10-18)6-8-13/h2-8H,9H2,1H3. The molecule has 0 aliphatic heterocycles. The summed E-state index contributed by atoms with van der Waals surface area (Å²) in [5.41, 5.74) is 4.76. The molecule has 0 saturated heterocycles. The molecule has 1 heterocycles. The SMILES string of the molecule is Cc1cccc2nc(CCl)n(-c3ccc(C#N)cc3)c12. The molecule has 0 aliphatic carbocycles. The first-order valence-electron chi connectivity index (χ1n) is 6.28. The number of rotatable bonds is 2. The van der Waals surface area contributed by atoms with Crippen LogP contribution in [-0.2, 0) is 5.88 Å². The zero-order valence-corrected chi connectivity index (χ0v) is 11.7. The Balaban J connectivity index is 2.30. The van der Waals surface area contributed by atoms with E-state index < -0.39 is 0 Å². The van der Waals surface area contributed by atoms with Crippen LogP contribution in [0.3, 0.4) is 0 Å². The van der Waals surface area contributed by atoms with E-state index in [2.05, 4.69) is 28.6 Å². The molecule has 20 heavy (non-hydrogen) atoms. The fourth-order valence-electron chi connectivity index (χ4n) is 2.40. The van der Waals surface area contributed by atoms with Gasteiger partial charge in [-0.2, -0.15) is 5.26 Å². The normalized spacial score (nSPS) is 10.7. The van der Waals surface area contributed by atoms with Gasteiger partial charge in [-0.1, -0.05) is 12.1 Å². The van der Waals surface area contributed by atoms with Gasteiger partial charge in [0.05, 0.1) is 28.5 Å². The van der Waals surface area contributed by atoms with Crippen molar-refractivity contribution in [2.75, 3.05) is 0 Å². The van der Waals surface area contributed by atoms with E-state index in [0.29, 0.717) is 11.4 Å². The third kappa shape index (κ3) is 1.95. The van der Waals surface area contributed by atoms with Crippen molar-refractivity contribution >= 4 is 22.6 Å². The van der Waals surface area contributed by atoms with Gasteiger partial charge in [0.15, 0.2) is 0 Å². The predicted octanol–water partition coefficient (Wildman–Crippen LogP) is 3.94. The molecule has 0 fully saturated rings. The predicted molar refractivity (Wildman–Crippen MR) is 80.1 cm³/mol. The average molecular weight is 282 g/mol. The van der Waals surface area contributed by atoms with Crippen LogP contribution in [0.5, 0.6) is 0 Å². The van der Waals surface area contributed by atoms with Crippen LogP contribution in [0.25, 0.3) is 16.7 Å². The van der Waals surface area contributed by atoms with E-state index in [-0.39, 0.29) is 0 Å². The lowest BCUT2D eigenvalue weighted by Crippen LogP contribution is -2.00. The topological polar surface area (TPSA) is 41.6 Å². The molecular formula is C16H12ClN3. The second-order valence-corrected chi connectivity index (χ2v) is 4.87. The molecule has 0 unspecified atom stereocenters. The maximum absolute atomic E-state index is 8.89. The molecule has 2 aromatic carbocycles. The van der Waals surface area contributed by atoms with Crippen LogP contribution in [-0.4, -0.2) is 9.55 Å². The molecule has 4 heteroatoms. The molecule has 3 aromatic rings. The third-order valence-electron chi connectivity index (χ3n) is 3.32. The van der Waals surface area contributed by atoms with Crippen molar-refractivity contribution in [3.8, 4) is 11.8 Å². The molecule has 0 atom stereocenters. The highest BCUT2D eigenvalue weighted by Gasteiger charge is 2.13. The van der Waals surface area contributed by atoms with Crippen LogP contribution in [0.15, 0.2) is 42.5 Å². The maximum atomic E-state index is 8.89. The highest BCUT2D eigenvalue weighted by Crippen LogP contribution is 2.25.